The summed E-state index contributed by atoms with van der Waals surface area (Å²) in [5.41, 5.74) is 14.5. The molecular weight excluding hydrogens is 1410 g/mol. The first-order valence-corrected chi connectivity index (χ1v) is 36.7. The van der Waals surface area contributed by atoms with E-state index in [-0.39, 0.29) is 0 Å². The summed E-state index contributed by atoms with van der Waals surface area (Å²) < 4.78 is 18.9. The van der Waals surface area contributed by atoms with E-state index in [0.717, 1.165) is 0 Å². The van der Waals surface area contributed by atoms with Crippen molar-refractivity contribution in [1.82, 2.24) is 13.7 Å². The summed E-state index contributed by atoms with van der Waals surface area (Å²) in [6.07, 6.45) is 0. The van der Waals surface area contributed by atoms with E-state index in [9.17, 15) is 0 Å². The fourth-order valence-corrected chi connectivity index (χ4v) is 22.7. The second-order valence-electron chi connectivity index (χ2n) is 22.7. The summed E-state index contributed by atoms with van der Waals surface area (Å²) in [6, 6.07) is 94.2. The molecule has 0 aliphatic carbocycles. The van der Waals surface area contributed by atoms with Crippen LogP contribution in [-0.4, -0.2) is 13.7 Å². The Kier molecular flexibility index (Phi) is 12.6. The van der Waals surface area contributed by atoms with Gasteiger partial charge in [-0.25, -0.2) is 0 Å². The Balaban J connectivity index is 0.000000277. The molecule has 0 amide bonds. The van der Waals surface area contributed by atoms with Gasteiger partial charge in [0.05, 0.1) is 44.5 Å². The Morgan fingerprint density at radius 1 is 0.200 bits per heavy atom. The van der Waals surface area contributed by atoms with Gasteiger partial charge in [0.15, 0.2) is 0 Å². The number of halogens is 3. The van der Waals surface area contributed by atoms with Gasteiger partial charge in [-0.05, 0) is 174 Å². The smallest absolute Gasteiger partial charge is 0.0711 e. The molecule has 0 atom stereocenters. The molecule has 9 heterocycles. The molecule has 0 radical (unpaired) electrons. The molecule has 3 nitrogen and oxygen atoms in total. The summed E-state index contributed by atoms with van der Waals surface area (Å²) >= 11 is 22.0. The van der Waals surface area contributed by atoms with Gasteiger partial charge in [0.2, 0.25) is 0 Å². The molecule has 20 rings (SSSR count). The zero-order chi connectivity index (χ0) is 59.5. The van der Waals surface area contributed by atoms with Crippen molar-refractivity contribution in [3.05, 3.63) is 266 Å². The summed E-state index contributed by atoms with van der Waals surface area (Å²) in [7, 11) is 0. The Morgan fingerprint density at radius 2 is 0.400 bits per heavy atom. The van der Waals surface area contributed by atoms with Crippen LogP contribution in [0.15, 0.2) is 266 Å². The minimum Gasteiger partial charge on any atom is -0.309 e. The summed E-state index contributed by atoms with van der Waals surface area (Å²) in [5, 5.41) is 15.7. The maximum Gasteiger partial charge on any atom is 0.0711 e. The van der Waals surface area contributed by atoms with Crippen LogP contribution in [0.25, 0.3) is 174 Å². The van der Waals surface area contributed by atoms with Gasteiger partial charge in [-0.2, -0.15) is 0 Å². The number of rotatable bonds is 6. The van der Waals surface area contributed by atoms with E-state index < -0.39 is 0 Å². The molecule has 0 aliphatic heterocycles. The molecule has 0 bridgehead atoms. The topological polar surface area (TPSA) is 14.8 Å². The van der Waals surface area contributed by atoms with E-state index in [0.29, 0.717) is 0 Å². The van der Waals surface area contributed by atoms with Crippen LogP contribution in [0.5, 0.6) is 0 Å². The molecule has 0 spiro atoms. The lowest BCUT2D eigenvalue weighted by Crippen LogP contribution is -1.93. The van der Waals surface area contributed by atoms with E-state index in [1.165, 1.54) is 186 Å². The number of hydrogen-bond donors (Lipinski definition) is 0. The van der Waals surface area contributed by atoms with Crippen LogP contribution in [0.1, 0.15) is 0 Å². The molecule has 9 aromatic heterocycles. The van der Waals surface area contributed by atoms with Crippen molar-refractivity contribution in [2.24, 2.45) is 0 Å². The predicted molar refractivity (Wildman–Crippen MR) is 408 cm³/mol. The number of thiophene rings is 6. The van der Waals surface area contributed by atoms with Gasteiger partial charge in [-0.15, -0.1) is 68.0 Å². The third kappa shape index (κ3) is 8.39. The van der Waals surface area contributed by atoms with Crippen LogP contribution in [0.2, 0.25) is 0 Å². The lowest BCUT2D eigenvalue weighted by molar-refractivity contribution is 1.18. The third-order valence-electron chi connectivity index (χ3n) is 17.7. The van der Waals surface area contributed by atoms with Crippen LogP contribution in [0, 0.1) is 0 Å². The SMILES string of the molecule is Brc1cc2c(s1)c1cc(Br)sc1c1cc(Br)sc21.c1ccc2c(c1)c1ccccc1n2-c1ccc(-c2cc3c(s2)c2cc(-c4ccc(-n5c6ccccc6c6ccccc65)cc4)sc2c2cc(-c4ccc(-n5c6ccccc6c6ccccc65)cc4)sc32)cc1. The standard InChI is InChI=1S/C66H39N3S3.C12H3Br3S3/c1-7-19-55-46(13-1)47-14-2-8-20-56(47)67(55)43-31-25-40(26-32-43)61-37-52-64(70-61)53-38-62(41-27-33-44(34-28-41)68-57-21-9-3-15-48(57)49-16-4-10-22-58(49)68)72-66(53)54-39-63(71-65(52)54)42-29-35-45(36-30-42)69-59-23-11-5-17-50(59)51-18-6-12-24-60(51)69;13-7-1-4-10(16-7)5-2-9(15)18-12(5)6-3-8(14)17-11(4)6/h1-39H;1-3H. The Labute approximate surface area is 564 Å². The fraction of sp³-hybridized carbons (Fsp3) is 0. The monoisotopic (exact) mass is 1450 g/mol. The Bertz CT molecular complexity index is 5350. The average molecular weight is 1450 g/mol. The van der Waals surface area contributed by atoms with Crippen LogP contribution in [0.4, 0.5) is 0 Å². The highest BCUT2D eigenvalue weighted by atomic mass is 79.9. The van der Waals surface area contributed by atoms with E-state index in [1.807, 2.05) is 68.0 Å². The molecule has 90 heavy (non-hydrogen) atoms. The van der Waals surface area contributed by atoms with Gasteiger partial charge in [0.1, 0.15) is 0 Å². The molecule has 12 heteroatoms. The van der Waals surface area contributed by atoms with E-state index >= 15 is 0 Å². The minimum absolute atomic E-state index is 1.17. The number of aromatic nitrogens is 3. The van der Waals surface area contributed by atoms with Crippen LogP contribution < -0.4 is 0 Å². The van der Waals surface area contributed by atoms with Crippen molar-refractivity contribution in [1.29, 1.82) is 0 Å². The van der Waals surface area contributed by atoms with Crippen LogP contribution >= 0.6 is 116 Å². The number of fused-ring (bicyclic) bond motifs is 21. The van der Waals surface area contributed by atoms with Gasteiger partial charge in [-0.3, -0.25) is 0 Å². The quantitative estimate of drug-likeness (QED) is 0.158. The fourth-order valence-electron chi connectivity index (χ4n) is 13.8. The predicted octanol–water partition coefficient (Wildman–Crippen LogP) is 27.2. The van der Waals surface area contributed by atoms with Gasteiger partial charge in [0, 0.05) is 125 Å². The molecule has 426 valence electrons. The van der Waals surface area contributed by atoms with Crippen molar-refractivity contribution < 1.29 is 0 Å². The first-order valence-electron chi connectivity index (χ1n) is 29.4. The molecule has 11 aromatic carbocycles. The molecule has 0 unspecified atom stereocenters. The highest BCUT2D eigenvalue weighted by Gasteiger charge is 2.22. The lowest BCUT2D eigenvalue weighted by Gasteiger charge is -2.08. The molecular formula is C78H42Br3N3S6. The van der Waals surface area contributed by atoms with E-state index in [4.69, 9.17) is 0 Å². The average Bonchev–Trinajstić information content (AvgIpc) is 1.98. The summed E-state index contributed by atoms with van der Waals surface area (Å²) in [4.78, 5) is 3.84. The van der Waals surface area contributed by atoms with Gasteiger partial charge in [0.25, 0.3) is 0 Å². The molecule has 0 saturated carbocycles. The molecule has 0 fully saturated rings. The van der Waals surface area contributed by atoms with Crippen LogP contribution in [-0.2, 0) is 0 Å². The van der Waals surface area contributed by atoms with Crippen molar-refractivity contribution >= 4 is 242 Å². The summed E-state index contributed by atoms with van der Waals surface area (Å²) in [6.45, 7) is 0. The first kappa shape index (κ1) is 53.8. The van der Waals surface area contributed by atoms with Crippen molar-refractivity contribution in [3.8, 4) is 48.4 Å². The normalized spacial score (nSPS) is 12.2. The van der Waals surface area contributed by atoms with Gasteiger partial charge in [-0.1, -0.05) is 146 Å². The molecule has 0 aliphatic rings. The van der Waals surface area contributed by atoms with E-state index in [1.54, 1.807) is 0 Å². The maximum absolute atomic E-state index is 3.61. The lowest BCUT2D eigenvalue weighted by atomic mass is 10.1. The highest BCUT2D eigenvalue weighted by molar-refractivity contribution is 9.11. The van der Waals surface area contributed by atoms with Gasteiger partial charge < -0.3 is 13.7 Å². The highest BCUT2D eigenvalue weighted by Crippen LogP contribution is 2.52. The third-order valence-corrected chi connectivity index (χ3v) is 26.4. The zero-order valence-corrected chi connectivity index (χ0v) is 56.8. The van der Waals surface area contributed by atoms with Crippen molar-refractivity contribution in [3.63, 3.8) is 0 Å². The van der Waals surface area contributed by atoms with Gasteiger partial charge >= 0.3 is 0 Å². The Morgan fingerprint density at radius 3 is 0.633 bits per heavy atom. The molecule has 0 saturated heterocycles. The van der Waals surface area contributed by atoms with Crippen molar-refractivity contribution in [2.45, 2.75) is 0 Å². The number of hydrogen-bond acceptors (Lipinski definition) is 6. The first-order chi connectivity index (χ1) is 44.3. The maximum atomic E-state index is 3.61. The largest absolute Gasteiger partial charge is 0.309 e. The second-order valence-corrected chi connectivity index (χ2v) is 33.1. The number of para-hydroxylation sites is 6. The Hall–Kier alpha value is -7.98. The zero-order valence-electron chi connectivity index (χ0n) is 47.2. The molecule has 20 aromatic rings. The van der Waals surface area contributed by atoms with E-state index in [2.05, 4.69) is 316 Å². The second kappa shape index (κ2) is 21.0. The number of nitrogens with zero attached hydrogens (tertiary/aromatic N) is 3. The summed E-state index contributed by atoms with van der Waals surface area (Å²) in [5.74, 6) is 0. The van der Waals surface area contributed by atoms with Crippen molar-refractivity contribution in [2.75, 3.05) is 0 Å². The van der Waals surface area contributed by atoms with Crippen LogP contribution in [0.3, 0.4) is 0 Å². The molecule has 0 N–H and O–H groups in total. The number of benzene rings is 11. The minimum atomic E-state index is 1.17.